The first kappa shape index (κ1) is 12.8. The van der Waals surface area contributed by atoms with E-state index in [1.54, 1.807) is 38.1 Å². The lowest BCUT2D eigenvalue weighted by molar-refractivity contribution is 0.414. The molecule has 88 valence electrons. The van der Waals surface area contributed by atoms with Gasteiger partial charge in [-0.25, -0.2) is 8.42 Å². The third-order valence-corrected chi connectivity index (χ3v) is 5.00. The minimum atomic E-state index is -3.39. The molecular weight excluding hydrogens is 224 g/mol. The van der Waals surface area contributed by atoms with Gasteiger partial charge < -0.3 is 4.74 Å². The minimum Gasteiger partial charge on any atom is -0.497 e. The highest BCUT2D eigenvalue weighted by Crippen LogP contribution is 2.27. The number of hydrogen-bond acceptors (Lipinski definition) is 3. The van der Waals surface area contributed by atoms with E-state index in [4.69, 9.17) is 4.74 Å². The van der Waals surface area contributed by atoms with Gasteiger partial charge in [0.2, 0.25) is 0 Å². The quantitative estimate of drug-likeness (QED) is 0.759. The van der Waals surface area contributed by atoms with Gasteiger partial charge >= 0.3 is 0 Å². The van der Waals surface area contributed by atoms with Crippen molar-refractivity contribution in [3.05, 3.63) is 36.9 Å². The first-order chi connectivity index (χ1) is 7.35. The van der Waals surface area contributed by atoms with E-state index in [9.17, 15) is 8.42 Å². The van der Waals surface area contributed by atoms with Gasteiger partial charge in [0.1, 0.15) is 5.75 Å². The van der Waals surface area contributed by atoms with Gasteiger partial charge in [0.25, 0.3) is 0 Å². The highest BCUT2D eigenvalue weighted by Gasteiger charge is 2.32. The second-order valence-electron chi connectivity index (χ2n) is 3.99. The fourth-order valence-electron chi connectivity index (χ4n) is 1.17. The summed E-state index contributed by atoms with van der Waals surface area (Å²) in [5, 5.41) is 0. The first-order valence-corrected chi connectivity index (χ1v) is 6.36. The van der Waals surface area contributed by atoms with Crippen LogP contribution in [0.15, 0.2) is 41.8 Å². The third kappa shape index (κ3) is 2.11. The second kappa shape index (κ2) is 4.29. The van der Waals surface area contributed by atoms with Crippen LogP contribution in [0.25, 0.3) is 0 Å². The lowest BCUT2D eigenvalue weighted by atomic mass is 10.2. The maximum atomic E-state index is 12.2. The van der Waals surface area contributed by atoms with Crippen molar-refractivity contribution in [3.63, 3.8) is 0 Å². The predicted octanol–water partition coefficient (Wildman–Crippen LogP) is 2.43. The summed E-state index contributed by atoms with van der Waals surface area (Å²) in [6.45, 7) is 6.80. The largest absolute Gasteiger partial charge is 0.497 e. The van der Waals surface area contributed by atoms with Crippen LogP contribution in [0.5, 0.6) is 5.75 Å². The van der Waals surface area contributed by atoms with E-state index in [0.717, 1.165) is 0 Å². The van der Waals surface area contributed by atoms with E-state index < -0.39 is 14.6 Å². The summed E-state index contributed by atoms with van der Waals surface area (Å²) in [6.07, 6.45) is 1.44. The number of ether oxygens (including phenoxy) is 1. The molecule has 0 radical (unpaired) electrons. The number of methoxy groups -OCH3 is 1. The smallest absolute Gasteiger partial charge is 0.187 e. The fraction of sp³-hybridized carbons (Fsp3) is 0.333. The van der Waals surface area contributed by atoms with Crippen LogP contribution in [-0.2, 0) is 9.84 Å². The molecule has 0 fully saturated rings. The van der Waals surface area contributed by atoms with E-state index in [1.807, 2.05) is 0 Å². The Labute approximate surface area is 96.7 Å². The van der Waals surface area contributed by atoms with Gasteiger partial charge in [0.15, 0.2) is 9.84 Å². The lowest BCUT2D eigenvalue weighted by Gasteiger charge is -2.20. The van der Waals surface area contributed by atoms with Crippen LogP contribution in [0, 0.1) is 0 Å². The summed E-state index contributed by atoms with van der Waals surface area (Å²) in [7, 11) is -1.85. The Balaban J connectivity index is 3.23. The van der Waals surface area contributed by atoms with E-state index in [0.29, 0.717) is 5.75 Å². The molecule has 0 amide bonds. The zero-order chi connectivity index (χ0) is 12.4. The minimum absolute atomic E-state index is 0.276. The Morgan fingerprint density at radius 2 is 1.75 bits per heavy atom. The van der Waals surface area contributed by atoms with E-state index in [2.05, 4.69) is 6.58 Å². The average molecular weight is 240 g/mol. The molecule has 0 aliphatic carbocycles. The normalized spacial score (nSPS) is 12.2. The summed E-state index contributed by atoms with van der Waals surface area (Å²) >= 11 is 0. The summed E-state index contributed by atoms with van der Waals surface area (Å²) in [6, 6.07) is 6.34. The Morgan fingerprint density at radius 3 is 2.12 bits per heavy atom. The molecule has 1 rings (SSSR count). The molecule has 1 aromatic carbocycles. The Kier molecular flexibility index (Phi) is 3.43. The standard InChI is InChI=1S/C12H16O3S/c1-5-12(2,3)16(13,14)11-8-6-10(15-4)7-9-11/h5-9H,1H2,2-4H3. The molecule has 4 heteroatoms. The molecule has 3 nitrogen and oxygen atoms in total. The van der Waals surface area contributed by atoms with Crippen molar-refractivity contribution >= 4 is 9.84 Å². The summed E-state index contributed by atoms with van der Waals surface area (Å²) < 4.78 is 28.4. The molecule has 0 heterocycles. The Bertz CT molecular complexity index is 469. The van der Waals surface area contributed by atoms with Crippen LogP contribution in [0.2, 0.25) is 0 Å². The van der Waals surface area contributed by atoms with Crippen molar-refractivity contribution in [2.45, 2.75) is 23.5 Å². The highest BCUT2D eigenvalue weighted by atomic mass is 32.2. The van der Waals surface area contributed by atoms with E-state index in [1.165, 1.54) is 13.2 Å². The van der Waals surface area contributed by atoms with Gasteiger partial charge in [0, 0.05) is 0 Å². The van der Waals surface area contributed by atoms with Crippen molar-refractivity contribution in [2.24, 2.45) is 0 Å². The van der Waals surface area contributed by atoms with Crippen molar-refractivity contribution in [1.82, 2.24) is 0 Å². The van der Waals surface area contributed by atoms with Gasteiger partial charge in [-0.2, -0.15) is 0 Å². The van der Waals surface area contributed by atoms with Crippen LogP contribution in [-0.4, -0.2) is 20.3 Å². The molecule has 0 unspecified atom stereocenters. The summed E-state index contributed by atoms with van der Waals surface area (Å²) in [4.78, 5) is 0.276. The molecule has 0 aliphatic heterocycles. The Morgan fingerprint density at radius 1 is 1.25 bits per heavy atom. The van der Waals surface area contributed by atoms with Crippen LogP contribution < -0.4 is 4.74 Å². The number of hydrogen-bond donors (Lipinski definition) is 0. The van der Waals surface area contributed by atoms with Crippen LogP contribution in [0.1, 0.15) is 13.8 Å². The molecule has 0 saturated heterocycles. The maximum absolute atomic E-state index is 12.2. The summed E-state index contributed by atoms with van der Waals surface area (Å²) in [5.74, 6) is 0.635. The van der Waals surface area contributed by atoms with Gasteiger partial charge in [-0.3, -0.25) is 0 Å². The topological polar surface area (TPSA) is 43.4 Å². The molecule has 0 spiro atoms. The fourth-order valence-corrected chi connectivity index (χ4v) is 2.49. The zero-order valence-corrected chi connectivity index (χ0v) is 10.5. The SMILES string of the molecule is C=CC(C)(C)S(=O)(=O)c1ccc(OC)cc1. The first-order valence-electron chi connectivity index (χ1n) is 4.87. The molecular formula is C12H16O3S. The summed E-state index contributed by atoms with van der Waals surface area (Å²) in [5.41, 5.74) is 0. The molecule has 0 aromatic heterocycles. The van der Waals surface area contributed by atoms with Crippen molar-refractivity contribution in [2.75, 3.05) is 7.11 Å². The molecule has 1 aromatic rings. The molecule has 16 heavy (non-hydrogen) atoms. The molecule has 0 atom stereocenters. The second-order valence-corrected chi connectivity index (χ2v) is 6.52. The highest BCUT2D eigenvalue weighted by molar-refractivity contribution is 7.93. The monoisotopic (exact) mass is 240 g/mol. The predicted molar refractivity (Wildman–Crippen MR) is 64.5 cm³/mol. The van der Waals surface area contributed by atoms with Gasteiger partial charge in [0.05, 0.1) is 16.8 Å². The zero-order valence-electron chi connectivity index (χ0n) is 9.73. The van der Waals surface area contributed by atoms with Crippen LogP contribution in [0.4, 0.5) is 0 Å². The Hall–Kier alpha value is -1.29. The maximum Gasteiger partial charge on any atom is 0.187 e. The average Bonchev–Trinajstić information content (AvgIpc) is 2.29. The van der Waals surface area contributed by atoms with Crippen molar-refractivity contribution in [3.8, 4) is 5.75 Å². The van der Waals surface area contributed by atoms with E-state index in [-0.39, 0.29) is 4.90 Å². The van der Waals surface area contributed by atoms with Gasteiger partial charge in [-0.05, 0) is 38.1 Å². The van der Waals surface area contributed by atoms with Crippen molar-refractivity contribution < 1.29 is 13.2 Å². The molecule has 0 N–H and O–H groups in total. The van der Waals surface area contributed by atoms with Crippen molar-refractivity contribution in [1.29, 1.82) is 0 Å². The van der Waals surface area contributed by atoms with Gasteiger partial charge in [-0.15, -0.1) is 6.58 Å². The molecule has 0 bridgehead atoms. The number of benzene rings is 1. The van der Waals surface area contributed by atoms with E-state index >= 15 is 0 Å². The number of sulfone groups is 1. The van der Waals surface area contributed by atoms with Crippen LogP contribution in [0.3, 0.4) is 0 Å². The molecule has 0 aliphatic rings. The molecule has 0 saturated carbocycles. The van der Waals surface area contributed by atoms with Crippen LogP contribution >= 0.6 is 0 Å². The van der Waals surface area contributed by atoms with Gasteiger partial charge in [-0.1, -0.05) is 6.08 Å². The lowest BCUT2D eigenvalue weighted by Crippen LogP contribution is -2.29. The third-order valence-electron chi connectivity index (χ3n) is 2.55. The number of rotatable bonds is 4.